The third kappa shape index (κ3) is 40.9. The van der Waals surface area contributed by atoms with Crippen LogP contribution in [0, 0.1) is 0 Å². The van der Waals surface area contributed by atoms with Crippen molar-refractivity contribution in [2.45, 2.75) is 238 Å². The SMILES string of the molecule is CCCCCCCCCC/C=C\CCCCCCCCCCCC(=O)OC(COC(=O)CCCCCCCCCCCCCC)COP(=O)(O)OCC(O)CO. The van der Waals surface area contributed by atoms with Crippen LogP contribution in [0.15, 0.2) is 12.2 Å². The van der Waals surface area contributed by atoms with Crippen LogP contribution >= 0.6 is 7.82 Å². The third-order valence-electron chi connectivity index (χ3n) is 10.2. The molecule has 0 heterocycles. The monoisotopic (exact) mass is 819 g/mol. The van der Waals surface area contributed by atoms with Crippen LogP contribution in [0.3, 0.4) is 0 Å². The number of aliphatic hydroxyl groups excluding tert-OH is 2. The minimum absolute atomic E-state index is 0.186. The molecule has 11 heteroatoms. The van der Waals surface area contributed by atoms with Crippen molar-refractivity contribution < 1.29 is 47.8 Å². The summed E-state index contributed by atoms with van der Waals surface area (Å²) in [5.41, 5.74) is 0. The molecule has 56 heavy (non-hydrogen) atoms. The summed E-state index contributed by atoms with van der Waals surface area (Å²) in [7, 11) is -4.61. The van der Waals surface area contributed by atoms with Crippen LogP contribution in [0.5, 0.6) is 0 Å². The summed E-state index contributed by atoms with van der Waals surface area (Å²) >= 11 is 0. The molecular weight excluding hydrogens is 731 g/mol. The van der Waals surface area contributed by atoms with E-state index in [2.05, 4.69) is 26.0 Å². The minimum Gasteiger partial charge on any atom is -0.462 e. The summed E-state index contributed by atoms with van der Waals surface area (Å²) in [6.45, 7) is 2.40. The van der Waals surface area contributed by atoms with E-state index in [0.717, 1.165) is 38.5 Å². The number of hydrogen-bond acceptors (Lipinski definition) is 9. The Morgan fingerprint density at radius 3 is 1.29 bits per heavy atom. The molecular formula is C45H87O10P. The number of hydrogen-bond donors (Lipinski definition) is 3. The van der Waals surface area contributed by atoms with Crippen LogP contribution in [0.2, 0.25) is 0 Å². The van der Waals surface area contributed by atoms with Gasteiger partial charge in [0.25, 0.3) is 0 Å². The van der Waals surface area contributed by atoms with E-state index in [9.17, 15) is 24.2 Å². The molecule has 0 saturated carbocycles. The Labute approximate surface area is 343 Å². The van der Waals surface area contributed by atoms with Crippen LogP contribution in [0.4, 0.5) is 0 Å². The number of esters is 2. The van der Waals surface area contributed by atoms with Crippen LogP contribution in [-0.2, 0) is 32.7 Å². The summed E-state index contributed by atoms with van der Waals surface area (Å²) in [6, 6.07) is 0. The third-order valence-corrected chi connectivity index (χ3v) is 11.1. The zero-order chi connectivity index (χ0) is 41.2. The van der Waals surface area contributed by atoms with Crippen LogP contribution < -0.4 is 0 Å². The predicted molar refractivity (Wildman–Crippen MR) is 229 cm³/mol. The van der Waals surface area contributed by atoms with Crippen molar-refractivity contribution in [3.8, 4) is 0 Å². The van der Waals surface area contributed by atoms with E-state index in [0.29, 0.717) is 12.8 Å². The lowest BCUT2D eigenvalue weighted by Gasteiger charge is -2.20. The van der Waals surface area contributed by atoms with E-state index in [1.165, 1.54) is 148 Å². The fourth-order valence-electron chi connectivity index (χ4n) is 6.58. The van der Waals surface area contributed by atoms with Gasteiger partial charge in [0, 0.05) is 12.8 Å². The molecule has 0 aliphatic carbocycles. The van der Waals surface area contributed by atoms with Gasteiger partial charge in [0.05, 0.1) is 19.8 Å². The molecule has 332 valence electrons. The van der Waals surface area contributed by atoms with Gasteiger partial charge in [-0.2, -0.15) is 0 Å². The first-order chi connectivity index (χ1) is 27.2. The quantitative estimate of drug-likeness (QED) is 0.0235. The fourth-order valence-corrected chi connectivity index (χ4v) is 7.37. The minimum atomic E-state index is -4.61. The summed E-state index contributed by atoms with van der Waals surface area (Å²) in [4.78, 5) is 35.0. The number of phosphoric acid groups is 1. The van der Waals surface area contributed by atoms with Gasteiger partial charge >= 0.3 is 19.8 Å². The number of carbonyl (C=O) groups excluding carboxylic acids is 2. The average molecular weight is 819 g/mol. The lowest BCUT2D eigenvalue weighted by molar-refractivity contribution is -0.161. The highest BCUT2D eigenvalue weighted by atomic mass is 31.2. The highest BCUT2D eigenvalue weighted by Gasteiger charge is 2.27. The van der Waals surface area contributed by atoms with Crippen LogP contribution in [0.25, 0.3) is 0 Å². The maximum Gasteiger partial charge on any atom is 0.472 e. The molecule has 0 radical (unpaired) electrons. The highest BCUT2D eigenvalue weighted by Crippen LogP contribution is 2.43. The van der Waals surface area contributed by atoms with Crippen molar-refractivity contribution in [1.29, 1.82) is 0 Å². The predicted octanol–water partition coefficient (Wildman–Crippen LogP) is 12.4. The second-order valence-corrected chi connectivity index (χ2v) is 17.2. The Morgan fingerprint density at radius 2 is 0.875 bits per heavy atom. The molecule has 10 nitrogen and oxygen atoms in total. The van der Waals surface area contributed by atoms with Crippen molar-refractivity contribution >= 4 is 19.8 Å². The van der Waals surface area contributed by atoms with Gasteiger partial charge in [0.15, 0.2) is 6.10 Å². The van der Waals surface area contributed by atoms with E-state index in [4.69, 9.17) is 23.6 Å². The van der Waals surface area contributed by atoms with Crippen molar-refractivity contribution in [3.05, 3.63) is 12.2 Å². The van der Waals surface area contributed by atoms with Gasteiger partial charge in [-0.15, -0.1) is 0 Å². The summed E-state index contributed by atoms with van der Waals surface area (Å²) in [5, 5.41) is 18.3. The number of rotatable bonds is 44. The molecule has 0 fully saturated rings. The Morgan fingerprint density at radius 1 is 0.518 bits per heavy atom. The van der Waals surface area contributed by atoms with E-state index in [-0.39, 0.29) is 19.4 Å². The molecule has 0 aliphatic rings. The Hall–Kier alpha value is -1.29. The Bertz CT molecular complexity index is 946. The number of phosphoric ester groups is 1. The molecule has 0 aromatic rings. The topological polar surface area (TPSA) is 149 Å². The van der Waals surface area contributed by atoms with Crippen LogP contribution in [0.1, 0.15) is 226 Å². The van der Waals surface area contributed by atoms with Crippen LogP contribution in [-0.4, -0.2) is 65.7 Å². The summed E-state index contributed by atoms with van der Waals surface area (Å²) < 4.78 is 32.7. The lowest BCUT2D eigenvalue weighted by atomic mass is 10.0. The van der Waals surface area contributed by atoms with E-state index in [1.807, 2.05) is 0 Å². The largest absolute Gasteiger partial charge is 0.472 e. The second kappa shape index (κ2) is 41.9. The highest BCUT2D eigenvalue weighted by molar-refractivity contribution is 7.47. The lowest BCUT2D eigenvalue weighted by Crippen LogP contribution is -2.29. The summed E-state index contributed by atoms with van der Waals surface area (Å²) in [6.07, 6.45) is 40.4. The number of ether oxygens (including phenoxy) is 2. The van der Waals surface area contributed by atoms with Crippen molar-refractivity contribution in [1.82, 2.24) is 0 Å². The standard InChI is InChI=1S/C45H87O10P/c1-3-5-7-9-11-13-15-17-18-19-20-21-22-23-24-25-27-29-31-33-35-37-45(49)55-43(41-54-56(50,51)53-39-42(47)38-46)40-52-44(48)36-34-32-30-28-26-16-14-12-10-8-6-4-2/h19-20,42-43,46-47H,3-18,21-41H2,1-2H3,(H,50,51)/b20-19-. The maximum absolute atomic E-state index is 12.6. The molecule has 0 bridgehead atoms. The first-order valence-electron chi connectivity index (χ1n) is 23.1. The van der Waals surface area contributed by atoms with E-state index in [1.54, 1.807) is 0 Å². The first kappa shape index (κ1) is 54.7. The number of allylic oxidation sites excluding steroid dienone is 2. The molecule has 0 aliphatic heterocycles. The molecule has 0 saturated heterocycles. The molecule has 0 spiro atoms. The van der Waals surface area contributed by atoms with Gasteiger partial charge in [-0.1, -0.05) is 187 Å². The van der Waals surface area contributed by atoms with Crippen molar-refractivity contribution in [3.63, 3.8) is 0 Å². The van der Waals surface area contributed by atoms with Gasteiger partial charge < -0.3 is 24.6 Å². The Kier molecular flexibility index (Phi) is 40.9. The molecule has 0 aromatic carbocycles. The zero-order valence-electron chi connectivity index (χ0n) is 36.1. The van der Waals surface area contributed by atoms with Crippen molar-refractivity contribution in [2.75, 3.05) is 26.4 Å². The van der Waals surface area contributed by atoms with E-state index < -0.39 is 51.8 Å². The van der Waals surface area contributed by atoms with Gasteiger partial charge in [0.1, 0.15) is 12.7 Å². The van der Waals surface area contributed by atoms with Gasteiger partial charge in [-0.3, -0.25) is 18.6 Å². The van der Waals surface area contributed by atoms with Gasteiger partial charge in [-0.05, 0) is 38.5 Å². The number of unbranched alkanes of at least 4 members (excludes halogenated alkanes) is 28. The molecule has 0 amide bonds. The fraction of sp³-hybridized carbons (Fsp3) is 0.911. The zero-order valence-corrected chi connectivity index (χ0v) is 37.0. The second-order valence-electron chi connectivity index (χ2n) is 15.8. The van der Waals surface area contributed by atoms with Crippen molar-refractivity contribution in [2.24, 2.45) is 0 Å². The van der Waals surface area contributed by atoms with E-state index >= 15 is 0 Å². The Balaban J connectivity index is 4.18. The molecule has 3 N–H and O–H groups in total. The molecule has 3 unspecified atom stereocenters. The summed E-state index contributed by atoms with van der Waals surface area (Å²) in [5.74, 6) is -0.916. The van der Waals surface area contributed by atoms with Gasteiger partial charge in [-0.25, -0.2) is 4.57 Å². The number of aliphatic hydroxyl groups is 2. The molecule has 0 rings (SSSR count). The van der Waals surface area contributed by atoms with Gasteiger partial charge in [0.2, 0.25) is 0 Å². The first-order valence-corrected chi connectivity index (χ1v) is 24.6. The smallest absolute Gasteiger partial charge is 0.462 e. The number of carbonyl (C=O) groups is 2. The average Bonchev–Trinajstić information content (AvgIpc) is 3.19. The maximum atomic E-state index is 12.6. The molecule has 0 aromatic heterocycles. The normalized spacial score (nSPS) is 13.9. The molecule has 3 atom stereocenters.